The number of halogens is 1. The number of amides is 1. The van der Waals surface area contributed by atoms with E-state index in [-0.39, 0.29) is 17.0 Å². The Kier molecular flexibility index (Phi) is 5.12. The monoisotopic (exact) mass is 336 g/mol. The van der Waals surface area contributed by atoms with Crippen molar-refractivity contribution in [1.29, 1.82) is 0 Å². The first-order valence-corrected chi connectivity index (χ1v) is 8.49. The van der Waals surface area contributed by atoms with Gasteiger partial charge in [0, 0.05) is 17.8 Å². The van der Waals surface area contributed by atoms with E-state index in [0.717, 1.165) is 5.56 Å². The van der Waals surface area contributed by atoms with Crippen molar-refractivity contribution in [3.8, 4) is 0 Å². The summed E-state index contributed by atoms with van der Waals surface area (Å²) in [5, 5.41) is 2.61. The van der Waals surface area contributed by atoms with Crippen LogP contribution < -0.4 is 10.0 Å². The molecule has 0 saturated carbocycles. The van der Waals surface area contributed by atoms with Gasteiger partial charge in [0.25, 0.3) is 5.91 Å². The SMILES string of the molecule is CCNS(=O)(=O)c1ccc(C(=O)Nc2cc(F)ccc2C)cc1. The maximum absolute atomic E-state index is 13.2. The molecule has 0 aromatic heterocycles. The Hall–Kier alpha value is -2.25. The highest BCUT2D eigenvalue weighted by Crippen LogP contribution is 2.18. The van der Waals surface area contributed by atoms with Gasteiger partial charge in [-0.15, -0.1) is 0 Å². The van der Waals surface area contributed by atoms with E-state index >= 15 is 0 Å². The zero-order valence-corrected chi connectivity index (χ0v) is 13.6. The van der Waals surface area contributed by atoms with Crippen LogP contribution in [0, 0.1) is 12.7 Å². The second-order valence-electron chi connectivity index (χ2n) is 4.94. The van der Waals surface area contributed by atoms with Gasteiger partial charge in [-0.2, -0.15) is 0 Å². The predicted octanol–water partition coefficient (Wildman–Crippen LogP) is 2.68. The number of rotatable bonds is 5. The molecule has 2 aromatic carbocycles. The molecule has 2 aromatic rings. The van der Waals surface area contributed by atoms with E-state index in [9.17, 15) is 17.6 Å². The predicted molar refractivity (Wildman–Crippen MR) is 86.4 cm³/mol. The highest BCUT2D eigenvalue weighted by molar-refractivity contribution is 7.89. The van der Waals surface area contributed by atoms with Crippen LogP contribution in [-0.4, -0.2) is 20.9 Å². The number of benzene rings is 2. The number of hydrogen-bond acceptors (Lipinski definition) is 3. The van der Waals surface area contributed by atoms with Gasteiger partial charge in [-0.25, -0.2) is 17.5 Å². The van der Waals surface area contributed by atoms with E-state index in [1.807, 2.05) is 0 Å². The van der Waals surface area contributed by atoms with Crippen molar-refractivity contribution in [3.63, 3.8) is 0 Å². The van der Waals surface area contributed by atoms with Crippen LogP contribution in [0.3, 0.4) is 0 Å². The lowest BCUT2D eigenvalue weighted by Gasteiger charge is -2.09. The van der Waals surface area contributed by atoms with Gasteiger partial charge in [-0.05, 0) is 48.9 Å². The molecule has 0 radical (unpaired) electrons. The lowest BCUT2D eigenvalue weighted by molar-refractivity contribution is 0.102. The van der Waals surface area contributed by atoms with Gasteiger partial charge in [0.05, 0.1) is 4.90 Å². The molecule has 0 fully saturated rings. The molecule has 0 heterocycles. The van der Waals surface area contributed by atoms with Crippen LogP contribution in [0.4, 0.5) is 10.1 Å². The summed E-state index contributed by atoms with van der Waals surface area (Å²) in [5.41, 5.74) is 1.38. The summed E-state index contributed by atoms with van der Waals surface area (Å²) in [4.78, 5) is 12.2. The van der Waals surface area contributed by atoms with Gasteiger partial charge in [0.1, 0.15) is 5.82 Å². The molecule has 0 aliphatic heterocycles. The number of carbonyl (C=O) groups is 1. The molecule has 0 bridgehead atoms. The largest absolute Gasteiger partial charge is 0.322 e. The van der Waals surface area contributed by atoms with Gasteiger partial charge in [0.15, 0.2) is 0 Å². The minimum atomic E-state index is -3.56. The highest BCUT2D eigenvalue weighted by Gasteiger charge is 2.14. The Balaban J connectivity index is 2.19. The average Bonchev–Trinajstić information content (AvgIpc) is 2.51. The summed E-state index contributed by atoms with van der Waals surface area (Å²) in [6, 6.07) is 9.64. The second kappa shape index (κ2) is 6.89. The summed E-state index contributed by atoms with van der Waals surface area (Å²) in [6.45, 7) is 3.71. The first-order chi connectivity index (χ1) is 10.8. The Morgan fingerprint density at radius 1 is 1.13 bits per heavy atom. The molecule has 122 valence electrons. The molecule has 1 amide bonds. The number of hydrogen-bond donors (Lipinski definition) is 2. The zero-order chi connectivity index (χ0) is 17.0. The zero-order valence-electron chi connectivity index (χ0n) is 12.8. The van der Waals surface area contributed by atoms with Crippen molar-refractivity contribution in [1.82, 2.24) is 4.72 Å². The van der Waals surface area contributed by atoms with Crippen LogP contribution in [0.5, 0.6) is 0 Å². The number of nitrogens with one attached hydrogen (secondary N) is 2. The van der Waals surface area contributed by atoms with Gasteiger partial charge >= 0.3 is 0 Å². The van der Waals surface area contributed by atoms with E-state index in [4.69, 9.17) is 0 Å². The van der Waals surface area contributed by atoms with Crippen molar-refractivity contribution in [2.45, 2.75) is 18.7 Å². The Labute approximate surface area is 134 Å². The molecule has 0 atom stereocenters. The fourth-order valence-electron chi connectivity index (χ4n) is 1.98. The molecule has 0 saturated heterocycles. The standard InChI is InChI=1S/C16H17FN2O3S/c1-3-18-23(21,22)14-8-5-12(6-9-14)16(20)19-15-10-13(17)7-4-11(15)2/h4-10,18H,3H2,1-2H3,(H,19,20). The van der Waals surface area contributed by atoms with Crippen molar-refractivity contribution < 1.29 is 17.6 Å². The number of aryl methyl sites for hydroxylation is 1. The molecular formula is C16H17FN2O3S. The summed E-state index contributed by atoms with van der Waals surface area (Å²) in [7, 11) is -3.56. The lowest BCUT2D eigenvalue weighted by atomic mass is 10.1. The summed E-state index contributed by atoms with van der Waals surface area (Å²) >= 11 is 0. The normalized spacial score (nSPS) is 11.3. The third-order valence-electron chi connectivity index (χ3n) is 3.21. The third kappa shape index (κ3) is 4.14. The highest BCUT2D eigenvalue weighted by atomic mass is 32.2. The van der Waals surface area contributed by atoms with Crippen molar-refractivity contribution in [2.24, 2.45) is 0 Å². The first-order valence-electron chi connectivity index (χ1n) is 7.00. The van der Waals surface area contributed by atoms with Crippen LogP contribution in [0.25, 0.3) is 0 Å². The van der Waals surface area contributed by atoms with Gasteiger partial charge in [-0.1, -0.05) is 13.0 Å². The first kappa shape index (κ1) is 17.1. The van der Waals surface area contributed by atoms with E-state index in [2.05, 4.69) is 10.0 Å². The fraction of sp³-hybridized carbons (Fsp3) is 0.188. The fourth-order valence-corrected chi connectivity index (χ4v) is 3.02. The molecule has 7 heteroatoms. The molecule has 2 N–H and O–H groups in total. The van der Waals surface area contributed by atoms with E-state index in [1.54, 1.807) is 19.9 Å². The van der Waals surface area contributed by atoms with Crippen LogP contribution in [-0.2, 0) is 10.0 Å². The molecule has 0 spiro atoms. The molecule has 0 aliphatic rings. The Morgan fingerprint density at radius 3 is 2.39 bits per heavy atom. The second-order valence-corrected chi connectivity index (χ2v) is 6.71. The Bertz CT molecular complexity index is 818. The van der Waals surface area contributed by atoms with Crippen molar-refractivity contribution in [2.75, 3.05) is 11.9 Å². The topological polar surface area (TPSA) is 75.3 Å². The maximum atomic E-state index is 13.2. The van der Waals surface area contributed by atoms with E-state index in [1.165, 1.54) is 36.4 Å². The van der Waals surface area contributed by atoms with Crippen LogP contribution in [0.1, 0.15) is 22.8 Å². The number of anilines is 1. The van der Waals surface area contributed by atoms with Crippen LogP contribution in [0.2, 0.25) is 0 Å². The van der Waals surface area contributed by atoms with Crippen molar-refractivity contribution in [3.05, 3.63) is 59.4 Å². The van der Waals surface area contributed by atoms with Crippen molar-refractivity contribution >= 4 is 21.6 Å². The number of sulfonamides is 1. The molecule has 0 aliphatic carbocycles. The molecular weight excluding hydrogens is 319 g/mol. The maximum Gasteiger partial charge on any atom is 0.255 e. The molecule has 5 nitrogen and oxygen atoms in total. The van der Waals surface area contributed by atoms with E-state index < -0.39 is 21.7 Å². The van der Waals surface area contributed by atoms with Crippen LogP contribution in [0.15, 0.2) is 47.4 Å². The van der Waals surface area contributed by atoms with Crippen LogP contribution >= 0.6 is 0 Å². The number of carbonyl (C=O) groups excluding carboxylic acids is 1. The minimum Gasteiger partial charge on any atom is -0.322 e. The summed E-state index contributed by atoms with van der Waals surface area (Å²) in [5.74, 6) is -0.885. The van der Waals surface area contributed by atoms with Gasteiger partial charge in [0.2, 0.25) is 10.0 Å². The average molecular weight is 336 g/mol. The quantitative estimate of drug-likeness (QED) is 0.881. The molecule has 0 unspecified atom stereocenters. The molecule has 2 rings (SSSR count). The third-order valence-corrected chi connectivity index (χ3v) is 4.77. The molecule has 23 heavy (non-hydrogen) atoms. The minimum absolute atomic E-state index is 0.0813. The smallest absolute Gasteiger partial charge is 0.255 e. The van der Waals surface area contributed by atoms with Gasteiger partial charge in [-0.3, -0.25) is 4.79 Å². The lowest BCUT2D eigenvalue weighted by Crippen LogP contribution is -2.23. The summed E-state index contributed by atoms with van der Waals surface area (Å²) in [6.07, 6.45) is 0. The summed E-state index contributed by atoms with van der Waals surface area (Å²) < 4.78 is 39.3. The Morgan fingerprint density at radius 2 is 1.78 bits per heavy atom. The van der Waals surface area contributed by atoms with Gasteiger partial charge < -0.3 is 5.32 Å². The van der Waals surface area contributed by atoms with E-state index in [0.29, 0.717) is 5.69 Å².